The number of nitrogens with one attached hydrogen (secondary N) is 2. The average molecular weight is 450 g/mol. The van der Waals surface area contributed by atoms with Crippen LogP contribution in [0.15, 0.2) is 65.5 Å². The molecule has 172 valence electrons. The van der Waals surface area contributed by atoms with Crippen molar-refractivity contribution in [1.82, 2.24) is 15.1 Å². The normalized spacial score (nSPS) is 10.5. The Kier molecular flexibility index (Phi) is 8.31. The molecule has 0 aliphatic carbocycles. The Balaban J connectivity index is 1.78. The SMILES string of the molecule is CCOC(=O)Nc1cccc(Cn2nc(-c3cccc(CC(=O)NCCN)c3)ccc2=O)c1. The predicted molar refractivity (Wildman–Crippen MR) is 126 cm³/mol. The number of aromatic nitrogens is 2. The van der Waals surface area contributed by atoms with Crippen LogP contribution in [-0.2, 0) is 22.5 Å². The van der Waals surface area contributed by atoms with E-state index in [9.17, 15) is 14.4 Å². The van der Waals surface area contributed by atoms with Gasteiger partial charge in [0.15, 0.2) is 0 Å². The lowest BCUT2D eigenvalue weighted by molar-refractivity contribution is -0.120. The molecule has 0 bridgehead atoms. The molecule has 0 unspecified atom stereocenters. The highest BCUT2D eigenvalue weighted by atomic mass is 16.5. The molecule has 0 saturated carbocycles. The minimum absolute atomic E-state index is 0.105. The van der Waals surface area contributed by atoms with Crippen molar-refractivity contribution in [2.75, 3.05) is 25.0 Å². The molecule has 1 heterocycles. The lowest BCUT2D eigenvalue weighted by Gasteiger charge is -2.10. The molecule has 9 nitrogen and oxygen atoms in total. The van der Waals surface area contributed by atoms with Gasteiger partial charge in [-0.15, -0.1) is 0 Å². The Hall–Kier alpha value is -3.98. The van der Waals surface area contributed by atoms with E-state index in [1.165, 1.54) is 10.7 Å². The molecule has 2 amide bonds. The van der Waals surface area contributed by atoms with E-state index < -0.39 is 6.09 Å². The van der Waals surface area contributed by atoms with Crippen molar-refractivity contribution in [3.05, 3.63) is 82.1 Å². The smallest absolute Gasteiger partial charge is 0.411 e. The molecular formula is C24H27N5O4. The third-order valence-corrected chi connectivity index (χ3v) is 4.70. The van der Waals surface area contributed by atoms with Crippen LogP contribution < -0.4 is 21.9 Å². The molecule has 2 aromatic carbocycles. The number of carbonyl (C=O) groups excluding carboxylic acids is 2. The van der Waals surface area contributed by atoms with Crippen molar-refractivity contribution in [1.29, 1.82) is 0 Å². The van der Waals surface area contributed by atoms with Crippen molar-refractivity contribution < 1.29 is 14.3 Å². The lowest BCUT2D eigenvalue weighted by atomic mass is 10.1. The zero-order chi connectivity index (χ0) is 23.6. The van der Waals surface area contributed by atoms with Gasteiger partial charge in [-0.2, -0.15) is 5.10 Å². The Morgan fingerprint density at radius 2 is 1.85 bits per heavy atom. The van der Waals surface area contributed by atoms with Crippen molar-refractivity contribution in [3.63, 3.8) is 0 Å². The second-order valence-electron chi connectivity index (χ2n) is 7.28. The fourth-order valence-corrected chi connectivity index (χ4v) is 3.22. The van der Waals surface area contributed by atoms with Gasteiger partial charge in [-0.05, 0) is 42.3 Å². The molecule has 0 radical (unpaired) electrons. The maximum atomic E-state index is 12.4. The van der Waals surface area contributed by atoms with Crippen molar-refractivity contribution in [3.8, 4) is 11.3 Å². The second kappa shape index (κ2) is 11.6. The highest BCUT2D eigenvalue weighted by Gasteiger charge is 2.09. The molecule has 0 saturated heterocycles. The zero-order valence-electron chi connectivity index (χ0n) is 18.4. The van der Waals surface area contributed by atoms with E-state index >= 15 is 0 Å². The number of rotatable bonds is 9. The topological polar surface area (TPSA) is 128 Å². The molecule has 33 heavy (non-hydrogen) atoms. The molecule has 3 rings (SSSR count). The third-order valence-electron chi connectivity index (χ3n) is 4.70. The second-order valence-corrected chi connectivity index (χ2v) is 7.28. The average Bonchev–Trinajstić information content (AvgIpc) is 2.80. The number of hydrogen-bond donors (Lipinski definition) is 3. The highest BCUT2D eigenvalue weighted by Crippen LogP contribution is 2.18. The van der Waals surface area contributed by atoms with E-state index in [1.54, 1.807) is 31.2 Å². The van der Waals surface area contributed by atoms with Crippen LogP contribution in [-0.4, -0.2) is 41.5 Å². The van der Waals surface area contributed by atoms with Gasteiger partial charge < -0.3 is 15.8 Å². The van der Waals surface area contributed by atoms with Crippen LogP contribution in [0.4, 0.5) is 10.5 Å². The fourth-order valence-electron chi connectivity index (χ4n) is 3.22. The molecule has 0 aliphatic rings. The van der Waals surface area contributed by atoms with Crippen LogP contribution in [0.5, 0.6) is 0 Å². The number of anilines is 1. The van der Waals surface area contributed by atoms with Crippen LogP contribution in [0.1, 0.15) is 18.1 Å². The number of carbonyl (C=O) groups is 2. The van der Waals surface area contributed by atoms with Gasteiger partial charge in [0.05, 0.1) is 25.3 Å². The molecule has 0 atom stereocenters. The predicted octanol–water partition coefficient (Wildman–Crippen LogP) is 2.14. The summed E-state index contributed by atoms with van der Waals surface area (Å²) in [4.78, 5) is 36.1. The molecule has 9 heteroatoms. The van der Waals surface area contributed by atoms with Gasteiger partial charge in [0.2, 0.25) is 5.91 Å². The van der Waals surface area contributed by atoms with E-state index in [2.05, 4.69) is 15.7 Å². The van der Waals surface area contributed by atoms with E-state index in [1.807, 2.05) is 30.3 Å². The first-order valence-electron chi connectivity index (χ1n) is 10.7. The maximum Gasteiger partial charge on any atom is 0.411 e. The van der Waals surface area contributed by atoms with E-state index in [4.69, 9.17) is 10.5 Å². The molecule has 3 aromatic rings. The van der Waals surface area contributed by atoms with Gasteiger partial charge in [-0.3, -0.25) is 14.9 Å². The fraction of sp³-hybridized carbons (Fsp3) is 0.250. The third kappa shape index (κ3) is 7.01. The molecule has 0 spiro atoms. The van der Waals surface area contributed by atoms with Crippen molar-refractivity contribution >= 4 is 17.7 Å². The van der Waals surface area contributed by atoms with Gasteiger partial charge >= 0.3 is 6.09 Å². The first-order valence-corrected chi connectivity index (χ1v) is 10.7. The van der Waals surface area contributed by atoms with Crippen LogP contribution in [0.3, 0.4) is 0 Å². The standard InChI is InChI=1S/C24H27N5O4/c1-2-33-24(32)27-20-8-4-6-18(14-20)16-29-23(31)10-9-21(28-29)19-7-3-5-17(13-19)15-22(30)26-12-11-25/h3-10,13-14H,2,11-12,15-16,25H2,1H3,(H,26,30)(H,27,32). The number of amides is 2. The number of ether oxygens (including phenoxy) is 1. The minimum atomic E-state index is -0.538. The summed E-state index contributed by atoms with van der Waals surface area (Å²) in [5, 5.41) is 9.90. The quantitative estimate of drug-likeness (QED) is 0.459. The van der Waals surface area contributed by atoms with Crippen molar-refractivity contribution in [2.45, 2.75) is 19.9 Å². The summed E-state index contributed by atoms with van der Waals surface area (Å²) in [7, 11) is 0. The molecule has 4 N–H and O–H groups in total. The first-order chi connectivity index (χ1) is 16.0. The monoisotopic (exact) mass is 449 g/mol. The molecule has 0 aliphatic heterocycles. The first kappa shape index (κ1) is 23.7. The van der Waals surface area contributed by atoms with Gasteiger partial charge in [0.25, 0.3) is 5.56 Å². The summed E-state index contributed by atoms with van der Waals surface area (Å²) < 4.78 is 6.25. The summed E-state index contributed by atoms with van der Waals surface area (Å²) in [6.45, 7) is 3.05. The summed E-state index contributed by atoms with van der Waals surface area (Å²) in [6, 6.07) is 17.7. The summed E-state index contributed by atoms with van der Waals surface area (Å²) >= 11 is 0. The number of nitrogens with zero attached hydrogens (tertiary/aromatic N) is 2. The largest absolute Gasteiger partial charge is 0.450 e. The van der Waals surface area contributed by atoms with E-state index in [0.29, 0.717) is 24.5 Å². The van der Waals surface area contributed by atoms with E-state index in [-0.39, 0.29) is 31.0 Å². The summed E-state index contributed by atoms with van der Waals surface area (Å²) in [5.41, 5.74) is 8.77. The van der Waals surface area contributed by atoms with Gasteiger partial charge in [-0.1, -0.05) is 30.3 Å². The van der Waals surface area contributed by atoms with Gasteiger partial charge in [0, 0.05) is 30.4 Å². The summed E-state index contributed by atoms with van der Waals surface area (Å²) in [5.74, 6) is -0.105. The van der Waals surface area contributed by atoms with Crippen LogP contribution >= 0.6 is 0 Å². The minimum Gasteiger partial charge on any atom is -0.450 e. The molecule has 0 fully saturated rings. The molecular weight excluding hydrogens is 422 g/mol. The molecule has 1 aromatic heterocycles. The Morgan fingerprint density at radius 3 is 2.64 bits per heavy atom. The van der Waals surface area contributed by atoms with Gasteiger partial charge in [0.1, 0.15) is 0 Å². The lowest BCUT2D eigenvalue weighted by Crippen LogP contribution is -2.30. The summed E-state index contributed by atoms with van der Waals surface area (Å²) in [6.07, 6.45) is -0.309. The Morgan fingerprint density at radius 1 is 1.06 bits per heavy atom. The highest BCUT2D eigenvalue weighted by molar-refractivity contribution is 5.84. The zero-order valence-corrected chi connectivity index (χ0v) is 18.4. The number of nitrogens with two attached hydrogens (primary N) is 1. The number of benzene rings is 2. The number of hydrogen-bond acceptors (Lipinski definition) is 6. The van der Waals surface area contributed by atoms with Crippen molar-refractivity contribution in [2.24, 2.45) is 5.73 Å². The van der Waals surface area contributed by atoms with Crippen LogP contribution in [0, 0.1) is 0 Å². The van der Waals surface area contributed by atoms with Crippen LogP contribution in [0.2, 0.25) is 0 Å². The Bertz CT molecular complexity index is 1180. The van der Waals surface area contributed by atoms with E-state index in [0.717, 1.165) is 16.7 Å². The maximum absolute atomic E-state index is 12.4. The Labute approximate surface area is 191 Å². The van der Waals surface area contributed by atoms with Gasteiger partial charge in [-0.25, -0.2) is 9.48 Å². The van der Waals surface area contributed by atoms with Crippen LogP contribution in [0.25, 0.3) is 11.3 Å².